The molecule has 1 N–H and O–H groups in total. The Balaban J connectivity index is 2.63. The van der Waals surface area contributed by atoms with Gasteiger partial charge in [-0.05, 0) is 11.1 Å². The van der Waals surface area contributed by atoms with Gasteiger partial charge in [0.05, 0.1) is 0 Å². The molecule has 2 atom stereocenters. The molecule has 0 fully saturated rings. The Morgan fingerprint density at radius 1 is 0.905 bits per heavy atom. The van der Waals surface area contributed by atoms with Crippen LogP contribution in [-0.4, -0.2) is 11.3 Å². The smallest absolute Gasteiger partial charge is 0.376 e. The molecule has 0 aliphatic heterocycles. The molecule has 0 aliphatic rings. The van der Waals surface area contributed by atoms with Gasteiger partial charge in [0.2, 0.25) is 0 Å². The topological polar surface area (TPSA) is 20.2 Å². The minimum absolute atomic E-state index is 0.203. The maximum atomic E-state index is 13.6. The van der Waals surface area contributed by atoms with E-state index in [0.29, 0.717) is 5.56 Å². The minimum atomic E-state index is -4.83. The number of hydrogen-bond acceptors (Lipinski definition) is 1. The predicted molar refractivity (Wildman–Crippen MR) is 75.8 cm³/mol. The van der Waals surface area contributed by atoms with Gasteiger partial charge in [-0.15, -0.1) is 6.58 Å². The van der Waals surface area contributed by atoms with Crippen LogP contribution in [0.1, 0.15) is 17.0 Å². The molecule has 1 unspecified atom stereocenters. The molecule has 0 bridgehead atoms. The van der Waals surface area contributed by atoms with Crippen molar-refractivity contribution < 1.29 is 18.3 Å². The zero-order valence-corrected chi connectivity index (χ0v) is 11.2. The van der Waals surface area contributed by atoms with E-state index in [1.54, 1.807) is 36.4 Å². The largest absolute Gasteiger partial charge is 0.422 e. The predicted octanol–water partition coefficient (Wildman–Crippen LogP) is 4.41. The summed E-state index contributed by atoms with van der Waals surface area (Å²) in [5.74, 6) is -1.29. The van der Waals surface area contributed by atoms with Gasteiger partial charge in [0.25, 0.3) is 0 Å². The first-order valence-electron chi connectivity index (χ1n) is 6.43. The van der Waals surface area contributed by atoms with Crippen LogP contribution in [-0.2, 0) is 5.60 Å². The van der Waals surface area contributed by atoms with Crippen LogP contribution in [0.5, 0.6) is 0 Å². The van der Waals surface area contributed by atoms with E-state index in [9.17, 15) is 18.3 Å². The van der Waals surface area contributed by atoms with Gasteiger partial charge in [-0.25, -0.2) is 0 Å². The second-order valence-corrected chi connectivity index (χ2v) is 4.75. The third kappa shape index (κ3) is 2.72. The van der Waals surface area contributed by atoms with Crippen molar-refractivity contribution in [2.75, 3.05) is 0 Å². The third-order valence-electron chi connectivity index (χ3n) is 3.49. The third-order valence-corrected chi connectivity index (χ3v) is 3.49. The number of alkyl halides is 3. The maximum Gasteiger partial charge on any atom is 0.422 e. The average molecular weight is 292 g/mol. The molecule has 2 aromatic rings. The van der Waals surface area contributed by atoms with Crippen LogP contribution in [0.3, 0.4) is 0 Å². The number of rotatable bonds is 4. The van der Waals surface area contributed by atoms with Crippen LogP contribution in [0.15, 0.2) is 73.3 Å². The highest BCUT2D eigenvalue weighted by atomic mass is 19.4. The van der Waals surface area contributed by atoms with Gasteiger partial charge >= 0.3 is 6.18 Å². The number of benzene rings is 2. The van der Waals surface area contributed by atoms with Gasteiger partial charge in [-0.2, -0.15) is 13.2 Å². The first kappa shape index (κ1) is 15.3. The van der Waals surface area contributed by atoms with Crippen molar-refractivity contribution in [2.45, 2.75) is 17.7 Å². The Kier molecular flexibility index (Phi) is 4.19. The van der Waals surface area contributed by atoms with E-state index >= 15 is 0 Å². The summed E-state index contributed by atoms with van der Waals surface area (Å²) < 4.78 is 40.8. The summed E-state index contributed by atoms with van der Waals surface area (Å²) in [4.78, 5) is 0. The zero-order valence-electron chi connectivity index (χ0n) is 11.2. The molecule has 0 aliphatic carbocycles. The Morgan fingerprint density at radius 2 is 1.38 bits per heavy atom. The normalized spacial score (nSPS) is 16.0. The molecule has 0 amide bonds. The fraction of sp³-hybridized carbons (Fsp3) is 0.176. The van der Waals surface area contributed by atoms with Crippen molar-refractivity contribution in [2.24, 2.45) is 0 Å². The molecule has 21 heavy (non-hydrogen) atoms. The van der Waals surface area contributed by atoms with E-state index in [2.05, 4.69) is 6.58 Å². The minimum Gasteiger partial charge on any atom is -0.376 e. The van der Waals surface area contributed by atoms with Gasteiger partial charge in [0.15, 0.2) is 5.60 Å². The number of halogens is 3. The lowest BCUT2D eigenvalue weighted by molar-refractivity contribution is -0.271. The van der Waals surface area contributed by atoms with Crippen LogP contribution in [0.4, 0.5) is 13.2 Å². The molecule has 0 saturated carbocycles. The molecule has 4 heteroatoms. The quantitative estimate of drug-likeness (QED) is 0.828. The molecule has 0 heterocycles. The highest BCUT2D eigenvalue weighted by Gasteiger charge is 2.59. The second kappa shape index (κ2) is 5.74. The van der Waals surface area contributed by atoms with Crippen molar-refractivity contribution >= 4 is 0 Å². The van der Waals surface area contributed by atoms with Crippen LogP contribution >= 0.6 is 0 Å². The molecular formula is C17H15F3O. The van der Waals surface area contributed by atoms with E-state index in [4.69, 9.17) is 0 Å². The molecule has 0 spiro atoms. The summed E-state index contributed by atoms with van der Waals surface area (Å²) in [5, 5.41) is 10.5. The van der Waals surface area contributed by atoms with Crippen molar-refractivity contribution in [3.63, 3.8) is 0 Å². The summed E-state index contributed by atoms with van der Waals surface area (Å²) in [7, 11) is 0. The molecular weight excluding hydrogens is 277 g/mol. The zero-order chi connectivity index (χ0) is 15.5. The Bertz CT molecular complexity index is 592. The highest BCUT2D eigenvalue weighted by Crippen LogP contribution is 2.49. The Hall–Kier alpha value is -2.07. The van der Waals surface area contributed by atoms with E-state index in [1.165, 1.54) is 24.3 Å². The van der Waals surface area contributed by atoms with Gasteiger partial charge in [-0.1, -0.05) is 66.7 Å². The first-order chi connectivity index (χ1) is 9.91. The van der Waals surface area contributed by atoms with Crippen LogP contribution < -0.4 is 0 Å². The molecule has 2 rings (SSSR count). The number of aliphatic hydroxyl groups is 1. The Labute approximate surface area is 121 Å². The van der Waals surface area contributed by atoms with E-state index in [-0.39, 0.29) is 5.56 Å². The van der Waals surface area contributed by atoms with E-state index in [1.807, 2.05) is 0 Å². The maximum absolute atomic E-state index is 13.6. The van der Waals surface area contributed by atoms with Gasteiger partial charge in [0, 0.05) is 5.92 Å². The number of hydrogen-bond donors (Lipinski definition) is 1. The van der Waals surface area contributed by atoms with Crippen molar-refractivity contribution in [1.29, 1.82) is 0 Å². The van der Waals surface area contributed by atoms with Crippen molar-refractivity contribution in [3.05, 3.63) is 84.4 Å². The monoisotopic (exact) mass is 292 g/mol. The van der Waals surface area contributed by atoms with E-state index < -0.39 is 17.7 Å². The first-order valence-corrected chi connectivity index (χ1v) is 6.43. The summed E-state index contributed by atoms with van der Waals surface area (Å²) in [6, 6.07) is 15.2. The molecule has 110 valence electrons. The molecule has 0 radical (unpaired) electrons. The molecule has 2 aromatic carbocycles. The van der Waals surface area contributed by atoms with Gasteiger partial charge in [0.1, 0.15) is 0 Å². The Morgan fingerprint density at radius 3 is 1.81 bits per heavy atom. The fourth-order valence-corrected chi connectivity index (χ4v) is 2.42. The lowest BCUT2D eigenvalue weighted by Gasteiger charge is -2.37. The molecule has 1 nitrogen and oxygen atoms in total. The molecule has 0 saturated heterocycles. The van der Waals surface area contributed by atoms with E-state index in [0.717, 1.165) is 6.08 Å². The van der Waals surface area contributed by atoms with Gasteiger partial charge < -0.3 is 5.11 Å². The second-order valence-electron chi connectivity index (χ2n) is 4.75. The highest BCUT2D eigenvalue weighted by molar-refractivity contribution is 5.35. The van der Waals surface area contributed by atoms with Crippen molar-refractivity contribution in [1.82, 2.24) is 0 Å². The van der Waals surface area contributed by atoms with Crippen LogP contribution in [0.25, 0.3) is 0 Å². The summed E-state index contributed by atoms with van der Waals surface area (Å²) in [5.41, 5.74) is -2.86. The van der Waals surface area contributed by atoms with Crippen LogP contribution in [0.2, 0.25) is 0 Å². The fourth-order valence-electron chi connectivity index (χ4n) is 2.42. The van der Waals surface area contributed by atoms with Crippen LogP contribution in [0, 0.1) is 0 Å². The summed E-state index contributed by atoms with van der Waals surface area (Å²) >= 11 is 0. The lowest BCUT2D eigenvalue weighted by atomic mass is 9.76. The SMILES string of the molecule is C=CC(c1ccccc1)[C@@](O)(c1ccccc1)C(F)(F)F. The van der Waals surface area contributed by atoms with Crippen molar-refractivity contribution in [3.8, 4) is 0 Å². The standard InChI is InChI=1S/C17H15F3O/c1-2-15(13-9-5-3-6-10-13)16(21,17(18,19)20)14-11-7-4-8-12-14/h2-12,15,21H,1H2/t15?,16-/m0/s1. The summed E-state index contributed by atoms with van der Waals surface area (Å²) in [6.45, 7) is 3.48. The molecule has 0 aromatic heterocycles. The average Bonchev–Trinajstić information content (AvgIpc) is 2.48. The summed E-state index contributed by atoms with van der Waals surface area (Å²) in [6.07, 6.45) is -3.70. The van der Waals surface area contributed by atoms with Gasteiger partial charge in [-0.3, -0.25) is 0 Å². The lowest BCUT2D eigenvalue weighted by Crippen LogP contribution is -2.46.